The average Bonchev–Trinajstić information content (AvgIpc) is 2.00. The van der Waals surface area contributed by atoms with Crippen LogP contribution in [0.2, 0.25) is 39.3 Å². The first-order chi connectivity index (χ1) is 6.62. The topological polar surface area (TPSA) is 0 Å². The summed E-state index contributed by atoms with van der Waals surface area (Å²) < 4.78 is 1.22. The molecule has 0 aliphatic heterocycles. The minimum atomic E-state index is -1.21. The van der Waals surface area contributed by atoms with Crippen LogP contribution < -0.4 is 10.4 Å². The van der Waals surface area contributed by atoms with Crippen LogP contribution in [0.15, 0.2) is 22.7 Å². The first-order valence-corrected chi connectivity index (χ1v) is 13.2. The van der Waals surface area contributed by atoms with E-state index in [1.165, 1.54) is 4.47 Å². The minimum Gasteiger partial charge on any atom is -0.0656 e. The molecule has 0 radical (unpaired) electrons. The molecule has 0 atom stereocenters. The molecular weight excluding hydrogens is 280 g/mol. The zero-order valence-corrected chi connectivity index (χ0v) is 14.2. The summed E-state index contributed by atoms with van der Waals surface area (Å²) in [4.78, 5) is 0. The quantitative estimate of drug-likeness (QED) is 0.733. The molecule has 0 spiro atoms. The number of halogens is 1. The predicted molar refractivity (Wildman–Crippen MR) is 80.1 cm³/mol. The van der Waals surface area contributed by atoms with Gasteiger partial charge < -0.3 is 0 Å². The van der Waals surface area contributed by atoms with E-state index in [-0.39, 0.29) is 0 Å². The second-order valence-electron chi connectivity index (χ2n) is 6.19. The second-order valence-corrected chi connectivity index (χ2v) is 17.2. The Morgan fingerprint density at radius 3 is 1.67 bits per heavy atom. The Hall–Kier alpha value is 0.134. The van der Waals surface area contributed by atoms with E-state index in [1.54, 1.807) is 10.4 Å². The lowest BCUT2D eigenvalue weighted by atomic mass is 10.4. The highest BCUT2D eigenvalue weighted by molar-refractivity contribution is 9.10. The lowest BCUT2D eigenvalue weighted by Gasteiger charge is -2.28. The summed E-state index contributed by atoms with van der Waals surface area (Å²) in [7, 11) is -2.41. The summed E-state index contributed by atoms with van der Waals surface area (Å²) >= 11 is 3.59. The summed E-state index contributed by atoms with van der Waals surface area (Å²) in [5, 5.41) is 3.28. The van der Waals surface area contributed by atoms with Crippen molar-refractivity contribution >= 4 is 42.5 Å². The zero-order chi connectivity index (χ0) is 11.9. The maximum absolute atomic E-state index is 3.59. The number of hydrogen-bond acceptors (Lipinski definition) is 0. The third-order valence-electron chi connectivity index (χ3n) is 2.60. The van der Waals surface area contributed by atoms with Crippen LogP contribution >= 0.6 is 15.9 Å². The van der Waals surface area contributed by atoms with Crippen LogP contribution in [-0.2, 0) is 0 Å². The molecular formula is C12H21BrSi2. The SMILES string of the molecule is C[Si](C)(C)c1ccc(Br)cc1[Si](C)(C)C. The molecule has 0 heterocycles. The molecule has 0 N–H and O–H groups in total. The summed E-state index contributed by atoms with van der Waals surface area (Å²) in [5.41, 5.74) is 0. The molecule has 15 heavy (non-hydrogen) atoms. The van der Waals surface area contributed by atoms with E-state index in [4.69, 9.17) is 0 Å². The van der Waals surface area contributed by atoms with Gasteiger partial charge in [0.2, 0.25) is 0 Å². The van der Waals surface area contributed by atoms with Gasteiger partial charge in [-0.3, -0.25) is 0 Å². The molecule has 1 aromatic rings. The molecule has 0 saturated heterocycles. The molecule has 0 aliphatic carbocycles. The van der Waals surface area contributed by atoms with E-state index in [9.17, 15) is 0 Å². The van der Waals surface area contributed by atoms with Gasteiger partial charge in [0.1, 0.15) is 0 Å². The number of rotatable bonds is 2. The van der Waals surface area contributed by atoms with Gasteiger partial charge in [-0.2, -0.15) is 0 Å². The highest BCUT2D eigenvalue weighted by Gasteiger charge is 2.27. The van der Waals surface area contributed by atoms with Gasteiger partial charge in [-0.1, -0.05) is 71.7 Å². The highest BCUT2D eigenvalue weighted by Crippen LogP contribution is 2.12. The normalized spacial score (nSPS) is 13.0. The second kappa shape index (κ2) is 4.19. The van der Waals surface area contributed by atoms with E-state index in [0.717, 1.165) is 0 Å². The van der Waals surface area contributed by atoms with Crippen LogP contribution in [0.5, 0.6) is 0 Å². The number of benzene rings is 1. The fourth-order valence-electron chi connectivity index (χ4n) is 1.79. The number of hydrogen-bond donors (Lipinski definition) is 0. The molecule has 0 amide bonds. The molecule has 0 saturated carbocycles. The van der Waals surface area contributed by atoms with Crippen molar-refractivity contribution in [2.24, 2.45) is 0 Å². The first-order valence-electron chi connectivity index (χ1n) is 5.43. The Morgan fingerprint density at radius 1 is 0.800 bits per heavy atom. The molecule has 84 valence electrons. The van der Waals surface area contributed by atoms with Crippen LogP contribution in [0.1, 0.15) is 0 Å². The maximum Gasteiger partial charge on any atom is 0.0774 e. The Labute approximate surface area is 104 Å². The van der Waals surface area contributed by atoms with E-state index < -0.39 is 16.1 Å². The molecule has 1 aromatic carbocycles. The molecule has 0 fully saturated rings. The first kappa shape index (κ1) is 13.2. The third kappa shape index (κ3) is 3.29. The van der Waals surface area contributed by atoms with Crippen molar-refractivity contribution in [3.05, 3.63) is 22.7 Å². The lowest BCUT2D eigenvalue weighted by Crippen LogP contribution is -2.56. The van der Waals surface area contributed by atoms with E-state index in [2.05, 4.69) is 73.4 Å². The monoisotopic (exact) mass is 300 g/mol. The molecule has 0 aromatic heterocycles. The molecule has 0 aliphatic rings. The largest absolute Gasteiger partial charge is 0.0774 e. The fourth-order valence-corrected chi connectivity index (χ4v) is 7.56. The molecule has 0 nitrogen and oxygen atoms in total. The Kier molecular flexibility index (Phi) is 3.68. The van der Waals surface area contributed by atoms with Crippen molar-refractivity contribution in [2.75, 3.05) is 0 Å². The molecule has 0 bridgehead atoms. The predicted octanol–water partition coefficient (Wildman–Crippen LogP) is 3.54. The van der Waals surface area contributed by atoms with Gasteiger partial charge in [0, 0.05) is 4.47 Å². The highest BCUT2D eigenvalue weighted by atomic mass is 79.9. The smallest absolute Gasteiger partial charge is 0.0656 e. The fraction of sp³-hybridized carbons (Fsp3) is 0.500. The van der Waals surface area contributed by atoms with Crippen molar-refractivity contribution < 1.29 is 0 Å². The summed E-state index contributed by atoms with van der Waals surface area (Å²) in [6, 6.07) is 6.88. The van der Waals surface area contributed by atoms with Crippen LogP contribution in [0.25, 0.3) is 0 Å². The van der Waals surface area contributed by atoms with Gasteiger partial charge in [-0.25, -0.2) is 0 Å². The summed E-state index contributed by atoms with van der Waals surface area (Å²) in [5.74, 6) is 0. The zero-order valence-electron chi connectivity index (χ0n) is 10.6. The summed E-state index contributed by atoms with van der Waals surface area (Å²) in [6.07, 6.45) is 0. The van der Waals surface area contributed by atoms with Crippen LogP contribution in [0.4, 0.5) is 0 Å². The summed E-state index contributed by atoms with van der Waals surface area (Å²) in [6.45, 7) is 14.6. The van der Waals surface area contributed by atoms with Gasteiger partial charge in [0.25, 0.3) is 0 Å². The van der Waals surface area contributed by atoms with Gasteiger partial charge in [0.15, 0.2) is 0 Å². The standard InChI is InChI=1S/C12H21BrSi2/c1-14(2,3)11-8-7-10(13)9-12(11)15(4,5)6/h7-9H,1-6H3. The van der Waals surface area contributed by atoms with Crippen LogP contribution in [0, 0.1) is 0 Å². The van der Waals surface area contributed by atoms with Crippen molar-refractivity contribution in [3.63, 3.8) is 0 Å². The molecule has 1 rings (SSSR count). The third-order valence-corrected chi connectivity index (χ3v) is 7.42. The Balaban J connectivity index is 3.41. The minimum absolute atomic E-state index is 1.20. The van der Waals surface area contributed by atoms with Crippen molar-refractivity contribution in [1.82, 2.24) is 0 Å². The van der Waals surface area contributed by atoms with Crippen molar-refractivity contribution in [2.45, 2.75) is 39.3 Å². The lowest BCUT2D eigenvalue weighted by molar-refractivity contribution is 1.63. The molecule has 0 unspecified atom stereocenters. The molecule has 3 heteroatoms. The van der Waals surface area contributed by atoms with E-state index in [0.29, 0.717) is 0 Å². The van der Waals surface area contributed by atoms with Crippen LogP contribution in [-0.4, -0.2) is 16.1 Å². The van der Waals surface area contributed by atoms with Gasteiger partial charge >= 0.3 is 0 Å². The van der Waals surface area contributed by atoms with E-state index in [1.807, 2.05) is 0 Å². The van der Waals surface area contributed by atoms with Gasteiger partial charge in [0.05, 0.1) is 16.1 Å². The van der Waals surface area contributed by atoms with E-state index >= 15 is 0 Å². The van der Waals surface area contributed by atoms with Gasteiger partial charge in [-0.05, 0) is 12.1 Å². The Bertz CT molecular complexity index is 359. The Morgan fingerprint density at radius 2 is 1.27 bits per heavy atom. The maximum atomic E-state index is 3.59. The van der Waals surface area contributed by atoms with Crippen molar-refractivity contribution in [3.8, 4) is 0 Å². The van der Waals surface area contributed by atoms with Crippen molar-refractivity contribution in [1.29, 1.82) is 0 Å². The van der Waals surface area contributed by atoms with Gasteiger partial charge in [-0.15, -0.1) is 0 Å². The van der Waals surface area contributed by atoms with Crippen LogP contribution in [0.3, 0.4) is 0 Å². The average molecular weight is 301 g/mol.